The van der Waals surface area contributed by atoms with Crippen LogP contribution >= 0.6 is 0 Å². The van der Waals surface area contributed by atoms with Crippen LogP contribution in [-0.2, 0) is 23.6 Å². The number of hydrogen-bond donors (Lipinski definition) is 0. The zero-order valence-corrected chi connectivity index (χ0v) is 11.0. The van der Waals surface area contributed by atoms with Crippen LogP contribution in [0.5, 0.6) is 0 Å². The van der Waals surface area contributed by atoms with Crippen molar-refractivity contribution in [2.45, 2.75) is 24.5 Å². The molecule has 0 spiro atoms. The Hall–Kier alpha value is -1.49. The van der Waals surface area contributed by atoms with E-state index in [9.17, 15) is 4.21 Å². The van der Waals surface area contributed by atoms with Crippen molar-refractivity contribution in [2.75, 3.05) is 0 Å². The molecule has 0 fully saturated rings. The third kappa shape index (κ3) is 2.44. The summed E-state index contributed by atoms with van der Waals surface area (Å²) in [5.74, 6) is 1.99. The van der Waals surface area contributed by atoms with Crippen molar-refractivity contribution < 1.29 is 4.21 Å². The molecule has 0 radical (unpaired) electrons. The summed E-state index contributed by atoms with van der Waals surface area (Å²) < 4.78 is 14.1. The lowest BCUT2D eigenvalue weighted by Crippen LogP contribution is -2.05. The SMILES string of the molecule is Cc1ccccc1S(=O)Cc1nnc(C)n1C. The van der Waals surface area contributed by atoms with E-state index in [4.69, 9.17) is 0 Å². The van der Waals surface area contributed by atoms with Crippen LogP contribution in [0.1, 0.15) is 17.2 Å². The summed E-state index contributed by atoms with van der Waals surface area (Å²) in [6.45, 7) is 3.85. The molecule has 5 heteroatoms. The maximum absolute atomic E-state index is 12.2. The molecular formula is C12H15N3OS. The predicted octanol–water partition coefficient (Wildman–Crippen LogP) is 1.74. The largest absolute Gasteiger partial charge is 0.318 e. The zero-order chi connectivity index (χ0) is 12.4. The summed E-state index contributed by atoms with van der Waals surface area (Å²) in [6.07, 6.45) is 0. The lowest BCUT2D eigenvalue weighted by Gasteiger charge is -2.05. The Kier molecular flexibility index (Phi) is 3.38. The number of aromatic nitrogens is 3. The zero-order valence-electron chi connectivity index (χ0n) is 10.2. The van der Waals surface area contributed by atoms with E-state index in [2.05, 4.69) is 10.2 Å². The smallest absolute Gasteiger partial charge is 0.145 e. The third-order valence-electron chi connectivity index (χ3n) is 2.78. The highest BCUT2D eigenvalue weighted by Gasteiger charge is 2.12. The van der Waals surface area contributed by atoms with Crippen LogP contribution in [0.15, 0.2) is 29.2 Å². The van der Waals surface area contributed by atoms with Crippen LogP contribution in [-0.4, -0.2) is 19.0 Å². The monoisotopic (exact) mass is 249 g/mol. The number of hydrogen-bond acceptors (Lipinski definition) is 3. The predicted molar refractivity (Wildman–Crippen MR) is 67.0 cm³/mol. The van der Waals surface area contributed by atoms with Gasteiger partial charge in [-0.15, -0.1) is 10.2 Å². The Morgan fingerprint density at radius 2 is 1.94 bits per heavy atom. The first-order valence-corrected chi connectivity index (χ1v) is 6.70. The van der Waals surface area contributed by atoms with Gasteiger partial charge in [0.05, 0.1) is 16.6 Å². The lowest BCUT2D eigenvalue weighted by molar-refractivity contribution is 0.678. The Morgan fingerprint density at radius 3 is 2.53 bits per heavy atom. The second kappa shape index (κ2) is 4.79. The molecule has 0 aliphatic rings. The molecule has 90 valence electrons. The quantitative estimate of drug-likeness (QED) is 0.832. The Morgan fingerprint density at radius 1 is 1.24 bits per heavy atom. The number of benzene rings is 1. The molecule has 1 unspecified atom stereocenters. The van der Waals surface area contributed by atoms with Crippen molar-refractivity contribution in [3.63, 3.8) is 0 Å². The van der Waals surface area contributed by atoms with Crippen LogP contribution in [0.4, 0.5) is 0 Å². The van der Waals surface area contributed by atoms with Gasteiger partial charge in [0.1, 0.15) is 11.6 Å². The normalized spacial score (nSPS) is 12.6. The minimum Gasteiger partial charge on any atom is -0.318 e. The minimum absolute atomic E-state index is 0.405. The topological polar surface area (TPSA) is 47.8 Å². The van der Waals surface area contributed by atoms with Crippen molar-refractivity contribution in [2.24, 2.45) is 7.05 Å². The van der Waals surface area contributed by atoms with Crippen molar-refractivity contribution in [1.82, 2.24) is 14.8 Å². The molecule has 0 saturated heterocycles. The highest BCUT2D eigenvalue weighted by Crippen LogP contribution is 2.15. The standard InChI is InChI=1S/C12H15N3OS/c1-9-6-4-5-7-11(9)17(16)8-12-14-13-10(2)15(12)3/h4-7H,8H2,1-3H3. The summed E-state index contributed by atoms with van der Waals surface area (Å²) >= 11 is 0. The molecule has 0 N–H and O–H groups in total. The first kappa shape index (κ1) is 12.0. The Labute approximate surface area is 103 Å². The summed E-state index contributed by atoms with van der Waals surface area (Å²) in [6, 6.07) is 7.72. The Balaban J connectivity index is 2.23. The molecule has 17 heavy (non-hydrogen) atoms. The third-order valence-corrected chi connectivity index (χ3v) is 4.25. The molecule has 0 saturated carbocycles. The maximum atomic E-state index is 12.2. The Bertz CT molecular complexity index is 563. The van der Waals surface area contributed by atoms with Gasteiger partial charge in [0.2, 0.25) is 0 Å². The molecule has 2 rings (SSSR count). The van der Waals surface area contributed by atoms with Crippen LogP contribution in [0.2, 0.25) is 0 Å². The van der Waals surface area contributed by atoms with Crippen LogP contribution in [0, 0.1) is 13.8 Å². The molecule has 2 aromatic rings. The van der Waals surface area contributed by atoms with E-state index >= 15 is 0 Å². The maximum Gasteiger partial charge on any atom is 0.145 e. The fraction of sp³-hybridized carbons (Fsp3) is 0.333. The highest BCUT2D eigenvalue weighted by atomic mass is 32.2. The van der Waals surface area contributed by atoms with Gasteiger partial charge in [-0.05, 0) is 25.5 Å². The van der Waals surface area contributed by atoms with E-state index in [-0.39, 0.29) is 0 Å². The first-order chi connectivity index (χ1) is 8.09. The first-order valence-electron chi connectivity index (χ1n) is 5.38. The molecule has 0 amide bonds. The van der Waals surface area contributed by atoms with Gasteiger partial charge in [-0.2, -0.15) is 0 Å². The van der Waals surface area contributed by atoms with Crippen molar-refractivity contribution in [3.05, 3.63) is 41.5 Å². The fourth-order valence-corrected chi connectivity index (χ4v) is 2.88. The molecule has 1 aromatic carbocycles. The van der Waals surface area contributed by atoms with E-state index in [1.165, 1.54) is 0 Å². The number of nitrogens with zero attached hydrogens (tertiary/aromatic N) is 3. The van der Waals surface area contributed by atoms with E-state index < -0.39 is 10.8 Å². The molecule has 1 atom stereocenters. The summed E-state index contributed by atoms with van der Waals surface area (Å²) in [5.41, 5.74) is 1.05. The van der Waals surface area contributed by atoms with Gasteiger partial charge in [-0.3, -0.25) is 4.21 Å². The van der Waals surface area contributed by atoms with E-state index in [0.29, 0.717) is 5.75 Å². The second-order valence-electron chi connectivity index (χ2n) is 3.98. The number of aryl methyl sites for hydroxylation is 2. The van der Waals surface area contributed by atoms with Crippen molar-refractivity contribution in [3.8, 4) is 0 Å². The van der Waals surface area contributed by atoms with Gasteiger partial charge >= 0.3 is 0 Å². The van der Waals surface area contributed by atoms with Crippen molar-refractivity contribution >= 4 is 10.8 Å². The van der Waals surface area contributed by atoms with Crippen LogP contribution in [0.3, 0.4) is 0 Å². The van der Waals surface area contributed by atoms with E-state index in [1.54, 1.807) is 0 Å². The van der Waals surface area contributed by atoms with E-state index in [0.717, 1.165) is 22.1 Å². The average Bonchev–Trinajstić information content (AvgIpc) is 2.61. The van der Waals surface area contributed by atoms with E-state index in [1.807, 2.05) is 49.7 Å². The second-order valence-corrected chi connectivity index (χ2v) is 5.40. The fourth-order valence-electron chi connectivity index (χ4n) is 1.58. The van der Waals surface area contributed by atoms with Crippen LogP contribution < -0.4 is 0 Å². The molecule has 4 nitrogen and oxygen atoms in total. The van der Waals surface area contributed by atoms with Crippen molar-refractivity contribution in [1.29, 1.82) is 0 Å². The molecular weight excluding hydrogens is 234 g/mol. The van der Waals surface area contributed by atoms with Gasteiger partial charge in [-0.1, -0.05) is 18.2 Å². The number of rotatable bonds is 3. The van der Waals surface area contributed by atoms with Gasteiger partial charge in [0.15, 0.2) is 0 Å². The van der Waals surface area contributed by atoms with Gasteiger partial charge in [0, 0.05) is 11.9 Å². The summed E-state index contributed by atoms with van der Waals surface area (Å²) in [5, 5.41) is 7.99. The highest BCUT2D eigenvalue weighted by molar-refractivity contribution is 7.84. The summed E-state index contributed by atoms with van der Waals surface area (Å²) in [4.78, 5) is 0.869. The summed E-state index contributed by atoms with van der Waals surface area (Å²) in [7, 11) is 0.822. The lowest BCUT2D eigenvalue weighted by atomic mass is 10.2. The van der Waals surface area contributed by atoms with Gasteiger partial charge < -0.3 is 4.57 Å². The molecule has 0 aliphatic carbocycles. The van der Waals surface area contributed by atoms with Gasteiger partial charge in [-0.25, -0.2) is 0 Å². The minimum atomic E-state index is -1.07. The average molecular weight is 249 g/mol. The molecule has 0 bridgehead atoms. The molecule has 1 heterocycles. The van der Waals surface area contributed by atoms with Gasteiger partial charge in [0.25, 0.3) is 0 Å². The molecule has 0 aliphatic heterocycles. The molecule has 1 aromatic heterocycles. The van der Waals surface area contributed by atoms with Crippen LogP contribution in [0.25, 0.3) is 0 Å².